The Morgan fingerprint density at radius 1 is 1.24 bits per heavy atom. The molecule has 1 aromatic carbocycles. The van der Waals surface area contributed by atoms with Crippen molar-refractivity contribution < 1.29 is 4.79 Å². The Kier molecular flexibility index (Phi) is 7.03. The number of nitrogens with zero attached hydrogens (tertiary/aromatic N) is 3. The zero-order valence-corrected chi connectivity index (χ0v) is 18.5. The molecule has 0 saturated heterocycles. The molecule has 156 valence electrons. The largest absolute Gasteiger partial charge is 0.354 e. The van der Waals surface area contributed by atoms with Crippen LogP contribution in [0.2, 0.25) is 0 Å². The summed E-state index contributed by atoms with van der Waals surface area (Å²) in [5, 5.41) is 9.12. The van der Waals surface area contributed by atoms with Crippen molar-refractivity contribution in [1.29, 1.82) is 0 Å². The molecular weight excluding hydrogens is 384 g/mol. The standard InChI is InChI=1S/C22H30N4O2S/c1-5-17(21(27)23-13-10-14-25(6-2)7-3)26-22(28)19-16-11-8-9-12-18(16)29-20(19)15(4)24-26/h8-9,11-12,17H,5-7,10,13-14H2,1-4H3,(H,23,27). The molecule has 7 heteroatoms. The van der Waals surface area contributed by atoms with E-state index in [1.807, 2.05) is 38.1 Å². The zero-order chi connectivity index (χ0) is 21.0. The van der Waals surface area contributed by atoms with Gasteiger partial charge in [0.05, 0.1) is 15.8 Å². The Labute approximate surface area is 175 Å². The molecule has 1 atom stereocenters. The zero-order valence-electron chi connectivity index (χ0n) is 17.7. The summed E-state index contributed by atoms with van der Waals surface area (Å²) in [6, 6.07) is 7.29. The van der Waals surface area contributed by atoms with E-state index in [1.54, 1.807) is 11.3 Å². The van der Waals surface area contributed by atoms with Crippen LogP contribution in [-0.4, -0.2) is 46.8 Å². The molecule has 2 aromatic heterocycles. The number of rotatable bonds is 9. The smallest absolute Gasteiger partial charge is 0.276 e. The van der Waals surface area contributed by atoms with Gasteiger partial charge in [0.15, 0.2) is 0 Å². The van der Waals surface area contributed by atoms with E-state index in [0.29, 0.717) is 18.4 Å². The number of nitrogens with one attached hydrogen (secondary N) is 1. The summed E-state index contributed by atoms with van der Waals surface area (Å²) in [6.07, 6.45) is 1.40. The lowest BCUT2D eigenvalue weighted by Gasteiger charge is -2.20. The molecule has 0 fully saturated rings. The fraction of sp³-hybridized carbons (Fsp3) is 0.500. The molecule has 3 rings (SSSR count). The summed E-state index contributed by atoms with van der Waals surface area (Å²) in [5.41, 5.74) is 0.599. The van der Waals surface area contributed by atoms with Crippen molar-refractivity contribution in [3.05, 3.63) is 40.3 Å². The van der Waals surface area contributed by atoms with E-state index < -0.39 is 6.04 Å². The van der Waals surface area contributed by atoms with E-state index in [9.17, 15) is 9.59 Å². The number of carbonyl (C=O) groups is 1. The van der Waals surface area contributed by atoms with Crippen molar-refractivity contribution in [2.75, 3.05) is 26.2 Å². The molecule has 1 unspecified atom stereocenters. The summed E-state index contributed by atoms with van der Waals surface area (Å²) < 4.78 is 3.36. The maximum Gasteiger partial charge on any atom is 0.276 e. The van der Waals surface area contributed by atoms with E-state index >= 15 is 0 Å². The highest BCUT2D eigenvalue weighted by Gasteiger charge is 2.24. The fourth-order valence-electron chi connectivity index (χ4n) is 3.73. The molecule has 0 aliphatic rings. The Morgan fingerprint density at radius 3 is 2.66 bits per heavy atom. The first-order valence-corrected chi connectivity index (χ1v) is 11.2. The second-order valence-corrected chi connectivity index (χ2v) is 8.29. The Morgan fingerprint density at radius 2 is 1.97 bits per heavy atom. The molecule has 1 amide bonds. The SMILES string of the molecule is CCC(C(=O)NCCCN(CC)CC)n1nc(C)c2sc3ccccc3c2c1=O. The van der Waals surface area contributed by atoms with Gasteiger partial charge in [0.1, 0.15) is 6.04 Å². The third kappa shape index (κ3) is 4.36. The van der Waals surface area contributed by atoms with Crippen LogP contribution in [0, 0.1) is 6.92 Å². The highest BCUT2D eigenvalue weighted by molar-refractivity contribution is 7.26. The number of hydrogen-bond donors (Lipinski definition) is 1. The van der Waals surface area contributed by atoms with Crippen molar-refractivity contribution in [3.8, 4) is 0 Å². The molecule has 0 bridgehead atoms. The first-order chi connectivity index (χ1) is 14.0. The molecular formula is C22H30N4O2S. The van der Waals surface area contributed by atoms with Crippen molar-refractivity contribution in [2.45, 2.75) is 46.6 Å². The number of amides is 1. The predicted molar refractivity (Wildman–Crippen MR) is 121 cm³/mol. The van der Waals surface area contributed by atoms with Crippen LogP contribution in [0.1, 0.15) is 45.3 Å². The summed E-state index contributed by atoms with van der Waals surface area (Å²) in [7, 11) is 0. The summed E-state index contributed by atoms with van der Waals surface area (Å²) in [4.78, 5) is 28.4. The van der Waals surface area contributed by atoms with Crippen LogP contribution >= 0.6 is 11.3 Å². The quantitative estimate of drug-likeness (QED) is 0.542. The fourth-order valence-corrected chi connectivity index (χ4v) is 4.87. The summed E-state index contributed by atoms with van der Waals surface area (Å²) >= 11 is 1.58. The minimum absolute atomic E-state index is 0.139. The molecule has 1 N–H and O–H groups in total. The molecule has 0 aliphatic carbocycles. The molecule has 3 aromatic rings. The first-order valence-electron chi connectivity index (χ1n) is 10.4. The topological polar surface area (TPSA) is 67.2 Å². The number of fused-ring (bicyclic) bond motifs is 3. The number of carbonyl (C=O) groups excluding carboxylic acids is 1. The van der Waals surface area contributed by atoms with Gasteiger partial charge in [-0.2, -0.15) is 5.10 Å². The van der Waals surface area contributed by atoms with E-state index in [4.69, 9.17) is 0 Å². The average molecular weight is 415 g/mol. The van der Waals surface area contributed by atoms with E-state index in [2.05, 4.69) is 29.2 Å². The second-order valence-electron chi connectivity index (χ2n) is 7.23. The van der Waals surface area contributed by atoms with Gasteiger partial charge in [0.25, 0.3) is 5.56 Å². The Balaban J connectivity index is 1.85. The highest BCUT2D eigenvalue weighted by Crippen LogP contribution is 2.33. The van der Waals surface area contributed by atoms with Gasteiger partial charge >= 0.3 is 0 Å². The van der Waals surface area contributed by atoms with Crippen LogP contribution < -0.4 is 10.9 Å². The molecule has 0 saturated carbocycles. The molecule has 29 heavy (non-hydrogen) atoms. The predicted octanol–water partition coefficient (Wildman–Crippen LogP) is 3.72. The Hall–Kier alpha value is -2.25. The lowest BCUT2D eigenvalue weighted by atomic mass is 10.1. The molecule has 0 radical (unpaired) electrons. The number of thiophene rings is 1. The van der Waals surface area contributed by atoms with Gasteiger partial charge in [0, 0.05) is 16.6 Å². The minimum atomic E-state index is -0.599. The average Bonchev–Trinajstić information content (AvgIpc) is 3.13. The van der Waals surface area contributed by atoms with E-state index in [1.165, 1.54) is 4.68 Å². The number of aryl methyl sites for hydroxylation is 1. The molecule has 6 nitrogen and oxygen atoms in total. The first kappa shape index (κ1) is 21.5. The van der Waals surface area contributed by atoms with Crippen LogP contribution in [0.25, 0.3) is 20.2 Å². The normalized spacial score (nSPS) is 12.7. The van der Waals surface area contributed by atoms with E-state index in [0.717, 1.165) is 46.5 Å². The lowest BCUT2D eigenvalue weighted by molar-refractivity contribution is -0.124. The van der Waals surface area contributed by atoms with Crippen LogP contribution in [-0.2, 0) is 4.79 Å². The summed E-state index contributed by atoms with van der Waals surface area (Å²) in [5.74, 6) is -0.139. The second kappa shape index (κ2) is 9.50. The van der Waals surface area contributed by atoms with Gasteiger partial charge < -0.3 is 10.2 Å². The van der Waals surface area contributed by atoms with Crippen LogP contribution in [0.15, 0.2) is 29.1 Å². The highest BCUT2D eigenvalue weighted by atomic mass is 32.1. The Bertz CT molecular complexity index is 1050. The third-order valence-corrected chi connectivity index (χ3v) is 6.71. The number of benzene rings is 1. The maximum absolute atomic E-state index is 13.3. The van der Waals surface area contributed by atoms with Gasteiger partial charge in [-0.3, -0.25) is 9.59 Å². The van der Waals surface area contributed by atoms with Gasteiger partial charge in [-0.25, -0.2) is 4.68 Å². The lowest BCUT2D eigenvalue weighted by Crippen LogP contribution is -2.39. The van der Waals surface area contributed by atoms with Gasteiger partial charge in [-0.05, 0) is 45.5 Å². The van der Waals surface area contributed by atoms with Gasteiger partial charge in [-0.1, -0.05) is 39.0 Å². The van der Waals surface area contributed by atoms with Gasteiger partial charge in [-0.15, -0.1) is 11.3 Å². The van der Waals surface area contributed by atoms with Crippen LogP contribution in [0.4, 0.5) is 0 Å². The van der Waals surface area contributed by atoms with Crippen LogP contribution in [0.5, 0.6) is 0 Å². The third-order valence-electron chi connectivity index (χ3n) is 5.43. The molecule has 2 heterocycles. The van der Waals surface area contributed by atoms with Crippen molar-refractivity contribution >= 4 is 37.4 Å². The van der Waals surface area contributed by atoms with Crippen molar-refractivity contribution in [1.82, 2.24) is 20.0 Å². The molecule has 0 spiro atoms. The van der Waals surface area contributed by atoms with Crippen LogP contribution in [0.3, 0.4) is 0 Å². The van der Waals surface area contributed by atoms with E-state index in [-0.39, 0.29) is 11.5 Å². The number of aromatic nitrogens is 2. The maximum atomic E-state index is 13.3. The monoisotopic (exact) mass is 414 g/mol. The van der Waals surface area contributed by atoms with Gasteiger partial charge in [0.2, 0.25) is 5.91 Å². The van der Waals surface area contributed by atoms with Crippen molar-refractivity contribution in [2.24, 2.45) is 0 Å². The minimum Gasteiger partial charge on any atom is -0.354 e. The van der Waals surface area contributed by atoms with Crippen molar-refractivity contribution in [3.63, 3.8) is 0 Å². The summed E-state index contributed by atoms with van der Waals surface area (Å²) in [6.45, 7) is 11.7. The molecule has 0 aliphatic heterocycles. The number of hydrogen-bond acceptors (Lipinski definition) is 5.